The van der Waals surface area contributed by atoms with Crippen molar-refractivity contribution < 1.29 is 9.53 Å². The molecule has 39 heavy (non-hydrogen) atoms. The number of thioether (sulfide) groups is 1. The Morgan fingerprint density at radius 1 is 0.923 bits per heavy atom. The summed E-state index contributed by atoms with van der Waals surface area (Å²) >= 11 is 4.99. The van der Waals surface area contributed by atoms with Crippen LogP contribution in [0, 0.1) is 11.3 Å². The van der Waals surface area contributed by atoms with Gasteiger partial charge in [0.15, 0.2) is 5.17 Å². The first-order valence-corrected chi connectivity index (χ1v) is 14.0. The Kier molecular flexibility index (Phi) is 8.57. The predicted molar refractivity (Wildman–Crippen MR) is 160 cm³/mol. The van der Waals surface area contributed by atoms with Crippen LogP contribution in [0.25, 0.3) is 6.08 Å². The highest BCUT2D eigenvalue weighted by Crippen LogP contribution is 2.35. The number of amidine groups is 1. The van der Waals surface area contributed by atoms with Crippen LogP contribution in [0.5, 0.6) is 5.75 Å². The lowest BCUT2D eigenvalue weighted by Gasteiger charge is -2.15. The highest BCUT2D eigenvalue weighted by Gasteiger charge is 2.33. The van der Waals surface area contributed by atoms with E-state index >= 15 is 0 Å². The van der Waals surface area contributed by atoms with Crippen molar-refractivity contribution >= 4 is 44.8 Å². The van der Waals surface area contributed by atoms with Gasteiger partial charge in [-0.05, 0) is 68.7 Å². The molecule has 1 amide bonds. The van der Waals surface area contributed by atoms with Gasteiger partial charge in [-0.25, -0.2) is 0 Å². The fourth-order valence-electron chi connectivity index (χ4n) is 4.06. The summed E-state index contributed by atoms with van der Waals surface area (Å²) in [5.41, 5.74) is 4.42. The topological polar surface area (TPSA) is 65.7 Å². The van der Waals surface area contributed by atoms with Gasteiger partial charge in [0.05, 0.1) is 34.1 Å². The van der Waals surface area contributed by atoms with E-state index in [2.05, 4.69) is 22.0 Å². The number of nitrogens with zero attached hydrogens (tertiary/aromatic N) is 3. The van der Waals surface area contributed by atoms with Gasteiger partial charge in [-0.15, -0.1) is 0 Å². The molecule has 7 heteroatoms. The van der Waals surface area contributed by atoms with Crippen molar-refractivity contribution in [1.29, 1.82) is 5.26 Å². The molecule has 5 nitrogen and oxygen atoms in total. The molecule has 0 unspecified atom stereocenters. The SMILES string of the molecule is N#Cc1ccccc1COc1ccc(/C=C2\SC(=NCc3ccccc3)N(Cc3ccccc3)C2=O)cc1Br. The van der Waals surface area contributed by atoms with Crippen molar-refractivity contribution in [3.05, 3.63) is 140 Å². The number of carbonyl (C=O) groups excluding carboxylic acids is 1. The number of benzene rings is 4. The van der Waals surface area contributed by atoms with E-state index in [4.69, 9.17) is 9.73 Å². The monoisotopic (exact) mass is 593 g/mol. The molecule has 0 radical (unpaired) electrons. The fraction of sp³-hybridized carbons (Fsp3) is 0.0938. The smallest absolute Gasteiger partial charge is 0.267 e. The van der Waals surface area contributed by atoms with Gasteiger partial charge in [-0.2, -0.15) is 5.26 Å². The second-order valence-electron chi connectivity index (χ2n) is 8.82. The van der Waals surface area contributed by atoms with Gasteiger partial charge in [-0.3, -0.25) is 14.7 Å². The third-order valence-electron chi connectivity index (χ3n) is 6.09. The molecule has 192 valence electrons. The van der Waals surface area contributed by atoms with Crippen LogP contribution in [0.2, 0.25) is 0 Å². The Hall–Kier alpha value is -4.12. The molecule has 1 saturated heterocycles. The molecule has 0 atom stereocenters. The molecule has 4 aromatic carbocycles. The van der Waals surface area contributed by atoms with Gasteiger partial charge in [0.1, 0.15) is 12.4 Å². The first-order chi connectivity index (χ1) is 19.1. The average molecular weight is 595 g/mol. The summed E-state index contributed by atoms with van der Waals surface area (Å²) in [7, 11) is 0. The minimum Gasteiger partial charge on any atom is -0.488 e. The Labute approximate surface area is 240 Å². The molecule has 1 fully saturated rings. The van der Waals surface area contributed by atoms with Crippen LogP contribution in [0.1, 0.15) is 27.8 Å². The summed E-state index contributed by atoms with van der Waals surface area (Å²) in [5, 5.41) is 10.0. The van der Waals surface area contributed by atoms with Crippen molar-refractivity contribution in [1.82, 2.24) is 4.90 Å². The van der Waals surface area contributed by atoms with E-state index in [1.54, 1.807) is 11.0 Å². The zero-order valence-corrected chi connectivity index (χ0v) is 23.4. The zero-order valence-electron chi connectivity index (χ0n) is 21.0. The lowest BCUT2D eigenvalue weighted by molar-refractivity contribution is -0.122. The van der Waals surface area contributed by atoms with Crippen LogP contribution in [-0.4, -0.2) is 16.0 Å². The number of halogens is 1. The second-order valence-corrected chi connectivity index (χ2v) is 10.7. The quantitative estimate of drug-likeness (QED) is 0.198. The molecule has 5 rings (SSSR count). The van der Waals surface area contributed by atoms with Crippen molar-refractivity contribution in [3.63, 3.8) is 0 Å². The summed E-state index contributed by atoms with van der Waals surface area (Å²) in [5.74, 6) is 0.589. The Bertz CT molecular complexity index is 1580. The second kappa shape index (κ2) is 12.6. The van der Waals surface area contributed by atoms with Crippen LogP contribution in [0.4, 0.5) is 0 Å². The fourth-order valence-corrected chi connectivity index (χ4v) is 5.55. The minimum atomic E-state index is -0.0692. The first kappa shape index (κ1) is 26.5. The van der Waals surface area contributed by atoms with Gasteiger partial charge < -0.3 is 4.74 Å². The van der Waals surface area contributed by atoms with Crippen molar-refractivity contribution in [3.8, 4) is 11.8 Å². The van der Waals surface area contributed by atoms with Crippen molar-refractivity contribution in [2.24, 2.45) is 4.99 Å². The molecular weight excluding hydrogens is 570 g/mol. The van der Waals surface area contributed by atoms with E-state index in [9.17, 15) is 10.1 Å². The number of amides is 1. The number of aliphatic imine (C=N–C) groups is 1. The number of nitriles is 1. The molecule has 1 aliphatic rings. The van der Waals surface area contributed by atoms with Crippen LogP contribution in [0.15, 0.2) is 117 Å². The third-order valence-corrected chi connectivity index (χ3v) is 7.75. The molecule has 0 spiro atoms. The molecule has 0 bridgehead atoms. The average Bonchev–Trinajstić information content (AvgIpc) is 3.26. The van der Waals surface area contributed by atoms with Crippen LogP contribution >= 0.6 is 27.7 Å². The lowest BCUT2D eigenvalue weighted by Crippen LogP contribution is -2.28. The Morgan fingerprint density at radius 2 is 1.62 bits per heavy atom. The molecule has 0 aliphatic carbocycles. The van der Waals surface area contributed by atoms with E-state index < -0.39 is 0 Å². The minimum absolute atomic E-state index is 0.0692. The van der Waals surface area contributed by atoms with Crippen molar-refractivity contribution in [2.75, 3.05) is 0 Å². The van der Waals surface area contributed by atoms with E-state index in [1.165, 1.54) is 11.8 Å². The maximum atomic E-state index is 13.5. The number of carbonyl (C=O) groups is 1. The number of rotatable bonds is 8. The van der Waals surface area contributed by atoms with Gasteiger partial charge in [-0.1, -0.05) is 84.9 Å². The summed E-state index contributed by atoms with van der Waals surface area (Å²) in [6.07, 6.45) is 1.88. The van der Waals surface area contributed by atoms with Crippen LogP contribution in [-0.2, 0) is 24.5 Å². The first-order valence-electron chi connectivity index (χ1n) is 12.3. The molecule has 0 N–H and O–H groups in total. The van der Waals surface area contributed by atoms with E-state index in [-0.39, 0.29) is 12.5 Å². The number of hydrogen-bond donors (Lipinski definition) is 0. The largest absolute Gasteiger partial charge is 0.488 e. The Morgan fingerprint density at radius 3 is 2.33 bits per heavy atom. The maximum absolute atomic E-state index is 13.5. The summed E-state index contributed by atoms with van der Waals surface area (Å²) < 4.78 is 6.73. The van der Waals surface area contributed by atoms with E-state index in [0.717, 1.165) is 26.7 Å². The molecule has 0 saturated carbocycles. The zero-order chi connectivity index (χ0) is 27.0. The number of hydrogen-bond acceptors (Lipinski definition) is 5. The van der Waals surface area contributed by atoms with Crippen LogP contribution < -0.4 is 4.74 Å². The highest BCUT2D eigenvalue weighted by atomic mass is 79.9. The number of ether oxygens (including phenoxy) is 1. The molecule has 1 heterocycles. The summed E-state index contributed by atoms with van der Waals surface area (Å²) in [6, 6.07) is 35.2. The predicted octanol–water partition coefficient (Wildman–Crippen LogP) is 7.57. The van der Waals surface area contributed by atoms with Crippen molar-refractivity contribution in [2.45, 2.75) is 19.7 Å². The standard InChI is InChI=1S/C32H24BrN3O2S/c33-28-17-25(15-16-29(28)38-22-27-14-8-7-13-26(27)19-34)18-30-31(37)36(21-24-11-5-2-6-12-24)32(39-30)35-20-23-9-3-1-4-10-23/h1-18H,20-22H2/b30-18-,35-32?. The molecular formula is C32H24BrN3O2S. The highest BCUT2D eigenvalue weighted by molar-refractivity contribution is 9.10. The molecule has 1 aliphatic heterocycles. The van der Waals surface area contributed by atoms with E-state index in [1.807, 2.05) is 103 Å². The molecule has 4 aromatic rings. The van der Waals surface area contributed by atoms with E-state index in [0.29, 0.717) is 34.5 Å². The Balaban J connectivity index is 1.35. The molecule has 0 aromatic heterocycles. The van der Waals surface area contributed by atoms with Gasteiger partial charge >= 0.3 is 0 Å². The van der Waals surface area contributed by atoms with Gasteiger partial charge in [0, 0.05) is 5.56 Å². The maximum Gasteiger partial charge on any atom is 0.267 e. The van der Waals surface area contributed by atoms with Crippen LogP contribution in [0.3, 0.4) is 0 Å². The third kappa shape index (κ3) is 6.66. The lowest BCUT2D eigenvalue weighted by atomic mass is 10.1. The summed E-state index contributed by atoms with van der Waals surface area (Å²) in [6.45, 7) is 1.24. The summed E-state index contributed by atoms with van der Waals surface area (Å²) in [4.78, 5) is 20.7. The van der Waals surface area contributed by atoms with Gasteiger partial charge in [0.2, 0.25) is 0 Å². The normalized spacial score (nSPS) is 15.1. The van der Waals surface area contributed by atoms with Gasteiger partial charge in [0.25, 0.3) is 5.91 Å².